The third kappa shape index (κ3) is 23.8. The van der Waals surface area contributed by atoms with Gasteiger partial charge in [0.05, 0.1) is 0 Å². The number of hydrogen-bond acceptors (Lipinski definition) is 0. The van der Waals surface area contributed by atoms with Gasteiger partial charge in [-0.25, -0.2) is 0 Å². The Bertz CT molecular complexity index is 25.2. The maximum absolute atomic E-state index is 0. The molecule has 4 radical (unpaired) electrons. The number of hydrogen-bond donors (Lipinski definition) is 0. The van der Waals surface area contributed by atoms with Crippen LogP contribution in [-0.2, 0) is 57.6 Å². The molecule has 0 aliphatic heterocycles. The zero-order valence-electron chi connectivity index (χ0n) is 7.48. The molecule has 0 aliphatic carbocycles. The predicted molar refractivity (Wildman–Crippen MR) is 21.7 cm³/mol. The van der Waals surface area contributed by atoms with E-state index < -0.39 is 0 Å². The second-order valence-corrected chi connectivity index (χ2v) is 0. The molecule has 6 heteroatoms. The minimum absolute atomic E-state index is 0. The van der Waals surface area contributed by atoms with Gasteiger partial charge in [-0.3, -0.25) is 0 Å². The molecule has 0 saturated heterocycles. The maximum Gasteiger partial charge on any atom is 2.00 e. The second kappa shape index (κ2) is 34.3. The van der Waals surface area contributed by atoms with Gasteiger partial charge in [0.1, 0.15) is 0 Å². The Balaban J connectivity index is 0. The van der Waals surface area contributed by atoms with Crippen molar-refractivity contribution < 1.29 is 63.3 Å². The van der Waals surface area contributed by atoms with Gasteiger partial charge in [0.15, 0.2) is 0 Å². The van der Waals surface area contributed by atoms with E-state index >= 15 is 0 Å². The van der Waals surface area contributed by atoms with Gasteiger partial charge in [0.25, 0.3) is 0 Å². The fourth-order valence-corrected chi connectivity index (χ4v) is 0. The molecule has 0 nitrogen and oxygen atoms in total. The average Bonchev–Trinajstić information content (AvgIpc) is 0. The van der Waals surface area contributed by atoms with E-state index in [2.05, 4.69) is 0 Å². The molecule has 0 fully saturated rings. The summed E-state index contributed by atoms with van der Waals surface area (Å²) in [5, 5.41) is 0. The van der Waals surface area contributed by atoms with E-state index in [-0.39, 0.29) is 141 Å². The summed E-state index contributed by atoms with van der Waals surface area (Å²) in [7, 11) is 0. The summed E-state index contributed by atoms with van der Waals surface area (Å²) in [5.74, 6) is 0. The molecule has 6 heavy (non-hydrogen) atoms. The smallest absolute Gasteiger partial charge is 1.00 e. The molecular formula is H4AlCaMgMnMoZn. The Hall–Kier alpha value is 4.39. The first-order chi connectivity index (χ1) is 0. The minimum Gasteiger partial charge on any atom is -1.00 e. The molecule has 0 aromatic rings. The first-order valence-electron chi connectivity index (χ1n) is 0. The van der Waals surface area contributed by atoms with Crippen LogP contribution >= 0.6 is 0 Å². The number of rotatable bonds is 0. The summed E-state index contributed by atoms with van der Waals surface area (Å²) in [6.07, 6.45) is 0. The fourth-order valence-electron chi connectivity index (χ4n) is 0. The van der Waals surface area contributed by atoms with E-state index in [4.69, 9.17) is 0 Å². The Morgan fingerprint density at radius 2 is 1.17 bits per heavy atom. The minimum atomic E-state index is 0. The van der Waals surface area contributed by atoms with Crippen molar-refractivity contribution in [1.29, 1.82) is 0 Å². The van der Waals surface area contributed by atoms with Gasteiger partial charge >= 0.3 is 60.8 Å². The van der Waals surface area contributed by atoms with E-state index in [1.165, 1.54) is 0 Å². The Morgan fingerprint density at radius 3 is 1.17 bits per heavy atom. The van der Waals surface area contributed by atoms with Crippen molar-refractivity contribution in [1.82, 2.24) is 0 Å². The summed E-state index contributed by atoms with van der Waals surface area (Å²) < 4.78 is 0. The standard InChI is InChI=1S/Al.Ca.Mg.Mn.Mo.Zn.4H/q;2*+2;;;;4*-1. The van der Waals surface area contributed by atoms with Crippen LogP contribution in [0.4, 0.5) is 0 Å². The largest absolute Gasteiger partial charge is 2.00 e. The van der Waals surface area contributed by atoms with Crippen LogP contribution in [-0.4, -0.2) is 78.2 Å². The van der Waals surface area contributed by atoms with Crippen LogP contribution in [0, 0.1) is 0 Å². The van der Waals surface area contributed by atoms with Crippen LogP contribution in [0.3, 0.4) is 0 Å². The van der Waals surface area contributed by atoms with E-state index in [9.17, 15) is 0 Å². The van der Waals surface area contributed by atoms with Crippen molar-refractivity contribution >= 4 is 78.2 Å². The van der Waals surface area contributed by atoms with Crippen LogP contribution in [0.25, 0.3) is 0 Å². The predicted octanol–water partition coefficient (Wildman–Crippen LogP) is -0.700. The van der Waals surface area contributed by atoms with Gasteiger partial charge in [-0.1, -0.05) is 0 Å². The Morgan fingerprint density at radius 1 is 1.17 bits per heavy atom. The summed E-state index contributed by atoms with van der Waals surface area (Å²) in [4.78, 5) is 0. The van der Waals surface area contributed by atoms with Crippen molar-refractivity contribution in [3.63, 3.8) is 0 Å². The van der Waals surface area contributed by atoms with Crippen LogP contribution in [0.2, 0.25) is 0 Å². The topological polar surface area (TPSA) is 0 Å². The zero-order chi connectivity index (χ0) is 0. The van der Waals surface area contributed by atoms with Crippen molar-refractivity contribution in [2.45, 2.75) is 0 Å². The first kappa shape index (κ1) is 47.5. The summed E-state index contributed by atoms with van der Waals surface area (Å²) in [6.45, 7) is 0. The summed E-state index contributed by atoms with van der Waals surface area (Å²) in [5.41, 5.74) is 0. The van der Waals surface area contributed by atoms with Gasteiger partial charge in [0, 0.05) is 75.0 Å². The van der Waals surface area contributed by atoms with E-state index in [1.54, 1.807) is 0 Å². The monoisotopic (exact) mass is 312 g/mol. The second-order valence-electron chi connectivity index (χ2n) is 0. The molecule has 26 valence electrons. The van der Waals surface area contributed by atoms with Gasteiger partial charge in [0.2, 0.25) is 0 Å². The molecular weight excluding hydrogens is 308 g/mol. The van der Waals surface area contributed by atoms with Gasteiger partial charge in [-0.2, -0.15) is 0 Å². The zero-order valence-corrected chi connectivity index (χ0v) is 14.4. The molecule has 0 aliphatic rings. The molecule has 0 spiro atoms. The first-order valence-corrected chi connectivity index (χ1v) is 0. The average molecular weight is 312 g/mol. The van der Waals surface area contributed by atoms with E-state index in [1.807, 2.05) is 0 Å². The Labute approximate surface area is 138 Å². The third-order valence-corrected chi connectivity index (χ3v) is 0. The van der Waals surface area contributed by atoms with E-state index in [0.717, 1.165) is 0 Å². The Kier molecular flexibility index (Phi) is 272. The maximum atomic E-state index is 0. The third-order valence-electron chi connectivity index (χ3n) is 0. The molecule has 0 aromatic heterocycles. The fraction of sp³-hybridized carbons (Fsp3) is 0. The van der Waals surface area contributed by atoms with Crippen LogP contribution < -0.4 is 0 Å². The van der Waals surface area contributed by atoms with Crippen LogP contribution in [0.5, 0.6) is 0 Å². The SMILES string of the molecule is [Al].[Ca+2].[H-].[H-].[H-].[H-].[Mg+2].[Mn].[Mo].[Zn]. The molecule has 0 atom stereocenters. The molecule has 0 saturated carbocycles. The quantitative estimate of drug-likeness (QED) is 0.519. The van der Waals surface area contributed by atoms with Gasteiger partial charge in [-0.05, 0) is 0 Å². The van der Waals surface area contributed by atoms with Crippen LogP contribution in [0.1, 0.15) is 5.71 Å². The summed E-state index contributed by atoms with van der Waals surface area (Å²) >= 11 is 0. The van der Waals surface area contributed by atoms with Crippen molar-refractivity contribution in [3.8, 4) is 0 Å². The van der Waals surface area contributed by atoms with E-state index in [0.29, 0.717) is 0 Å². The molecule has 0 amide bonds. The molecule has 0 rings (SSSR count). The van der Waals surface area contributed by atoms with Gasteiger partial charge in [-0.15, -0.1) is 0 Å². The van der Waals surface area contributed by atoms with Gasteiger partial charge < -0.3 is 5.71 Å². The molecule has 0 aromatic carbocycles. The van der Waals surface area contributed by atoms with Crippen molar-refractivity contribution in [2.75, 3.05) is 0 Å². The molecule has 0 heterocycles. The molecule has 0 unspecified atom stereocenters. The van der Waals surface area contributed by atoms with Crippen molar-refractivity contribution in [2.24, 2.45) is 0 Å². The molecule has 0 N–H and O–H groups in total. The van der Waals surface area contributed by atoms with Crippen LogP contribution in [0.15, 0.2) is 0 Å². The summed E-state index contributed by atoms with van der Waals surface area (Å²) in [6, 6.07) is 0. The normalized spacial score (nSPS) is 0. The molecule has 0 bridgehead atoms. The van der Waals surface area contributed by atoms with Crippen molar-refractivity contribution in [3.05, 3.63) is 0 Å².